The molecule has 1 heteroatoms. The van der Waals surface area contributed by atoms with E-state index in [2.05, 4.69) is 13.8 Å². The number of rotatable bonds is 11. The van der Waals surface area contributed by atoms with Gasteiger partial charge in [-0.1, -0.05) is 78.1 Å². The van der Waals surface area contributed by atoms with Gasteiger partial charge in [-0.25, -0.2) is 0 Å². The van der Waals surface area contributed by atoms with Crippen molar-refractivity contribution in [2.75, 3.05) is 6.61 Å². The second kappa shape index (κ2) is 13.5. The van der Waals surface area contributed by atoms with E-state index in [4.69, 9.17) is 5.11 Å². The van der Waals surface area contributed by atoms with Crippen LogP contribution < -0.4 is 0 Å². The topological polar surface area (TPSA) is 20.2 Å². The summed E-state index contributed by atoms with van der Waals surface area (Å²) < 4.78 is 0. The zero-order valence-electron chi connectivity index (χ0n) is 20.6. The molecular formula is C29H54O. The molecule has 3 unspecified atom stereocenters. The molecule has 3 fully saturated rings. The average molecular weight is 419 g/mol. The van der Waals surface area contributed by atoms with Crippen molar-refractivity contribution in [1.29, 1.82) is 0 Å². The highest BCUT2D eigenvalue weighted by Gasteiger charge is 2.37. The lowest BCUT2D eigenvalue weighted by atomic mass is 9.61. The zero-order chi connectivity index (χ0) is 21.2. The van der Waals surface area contributed by atoms with E-state index in [1.165, 1.54) is 64.2 Å². The van der Waals surface area contributed by atoms with Crippen molar-refractivity contribution in [3.8, 4) is 0 Å². The molecule has 0 bridgehead atoms. The Morgan fingerprint density at radius 3 is 1.80 bits per heavy atom. The molecule has 0 aromatic heterocycles. The summed E-state index contributed by atoms with van der Waals surface area (Å²) in [7, 11) is 0. The van der Waals surface area contributed by atoms with Crippen LogP contribution in [-0.2, 0) is 0 Å². The van der Waals surface area contributed by atoms with E-state index in [-0.39, 0.29) is 0 Å². The fraction of sp³-hybridized carbons (Fsp3) is 1.00. The summed E-state index contributed by atoms with van der Waals surface area (Å²) in [6, 6.07) is 0. The van der Waals surface area contributed by atoms with Gasteiger partial charge in [-0.15, -0.1) is 0 Å². The molecule has 3 rings (SSSR count). The third-order valence-corrected chi connectivity index (χ3v) is 9.89. The van der Waals surface area contributed by atoms with Gasteiger partial charge in [0.25, 0.3) is 0 Å². The molecule has 0 aromatic rings. The predicted molar refractivity (Wildman–Crippen MR) is 131 cm³/mol. The summed E-state index contributed by atoms with van der Waals surface area (Å²) >= 11 is 0. The van der Waals surface area contributed by atoms with Gasteiger partial charge in [0.2, 0.25) is 0 Å². The number of unbranched alkanes of at least 4 members (excludes halogenated alkanes) is 3. The summed E-state index contributed by atoms with van der Waals surface area (Å²) in [5.74, 6) is 7.28. The maximum Gasteiger partial charge on any atom is 0.0431 e. The molecule has 0 amide bonds. The van der Waals surface area contributed by atoms with Crippen LogP contribution in [0.2, 0.25) is 0 Å². The predicted octanol–water partition coefficient (Wildman–Crippen LogP) is 8.78. The largest absolute Gasteiger partial charge is 0.396 e. The number of hydrogen-bond donors (Lipinski definition) is 1. The Kier molecular flexibility index (Phi) is 11.1. The summed E-state index contributed by atoms with van der Waals surface area (Å²) in [5, 5.41) is 9.08. The van der Waals surface area contributed by atoms with E-state index in [1.807, 2.05) is 0 Å². The third kappa shape index (κ3) is 7.25. The number of aliphatic hydroxyl groups is 1. The first-order valence-electron chi connectivity index (χ1n) is 14.4. The summed E-state index contributed by atoms with van der Waals surface area (Å²) in [6.07, 6.45) is 27.8. The minimum Gasteiger partial charge on any atom is -0.396 e. The van der Waals surface area contributed by atoms with Gasteiger partial charge in [0, 0.05) is 6.61 Å². The van der Waals surface area contributed by atoms with Crippen LogP contribution in [0.3, 0.4) is 0 Å². The Labute approximate surface area is 189 Å². The third-order valence-electron chi connectivity index (χ3n) is 9.89. The van der Waals surface area contributed by atoms with Gasteiger partial charge in [0.15, 0.2) is 0 Å². The first-order chi connectivity index (χ1) is 14.7. The van der Waals surface area contributed by atoms with E-state index >= 15 is 0 Å². The molecule has 176 valence electrons. The molecule has 3 aliphatic rings. The highest BCUT2D eigenvalue weighted by atomic mass is 16.2. The Hall–Kier alpha value is -0.0400. The van der Waals surface area contributed by atoms with Crippen LogP contribution in [0.1, 0.15) is 136 Å². The van der Waals surface area contributed by atoms with E-state index < -0.39 is 0 Å². The van der Waals surface area contributed by atoms with Crippen LogP contribution in [0.25, 0.3) is 0 Å². The molecule has 3 saturated carbocycles. The number of hydrogen-bond acceptors (Lipinski definition) is 1. The molecule has 0 radical (unpaired) electrons. The first-order valence-corrected chi connectivity index (χ1v) is 14.4. The van der Waals surface area contributed by atoms with Crippen molar-refractivity contribution in [3.05, 3.63) is 0 Å². The van der Waals surface area contributed by atoms with Gasteiger partial charge in [0.05, 0.1) is 0 Å². The molecule has 0 spiro atoms. The second-order valence-corrected chi connectivity index (χ2v) is 11.7. The van der Waals surface area contributed by atoms with Crippen molar-refractivity contribution >= 4 is 0 Å². The molecule has 3 aliphatic carbocycles. The van der Waals surface area contributed by atoms with Crippen molar-refractivity contribution < 1.29 is 5.11 Å². The second-order valence-electron chi connectivity index (χ2n) is 11.7. The fourth-order valence-corrected chi connectivity index (χ4v) is 7.96. The van der Waals surface area contributed by atoms with Gasteiger partial charge in [0.1, 0.15) is 0 Å². The van der Waals surface area contributed by atoms with Crippen LogP contribution in [-0.4, -0.2) is 11.7 Å². The van der Waals surface area contributed by atoms with E-state index in [0.717, 1.165) is 47.8 Å². The van der Waals surface area contributed by atoms with Crippen molar-refractivity contribution in [1.82, 2.24) is 0 Å². The van der Waals surface area contributed by atoms with Crippen LogP contribution in [0.4, 0.5) is 0 Å². The molecule has 0 saturated heterocycles. The van der Waals surface area contributed by atoms with Gasteiger partial charge in [-0.3, -0.25) is 0 Å². The normalized spacial score (nSPS) is 37.9. The fourth-order valence-electron chi connectivity index (χ4n) is 7.96. The zero-order valence-corrected chi connectivity index (χ0v) is 20.6. The molecule has 0 aliphatic heterocycles. The first kappa shape index (κ1) is 24.6. The van der Waals surface area contributed by atoms with Gasteiger partial charge < -0.3 is 5.11 Å². The molecule has 3 atom stereocenters. The SMILES string of the molecule is CCCCCC1CCC(C2CCC(C3CCC(CCCCO)CC3CC)CC2)CC1. The molecule has 0 heterocycles. The highest BCUT2D eigenvalue weighted by molar-refractivity contribution is 4.88. The molecule has 30 heavy (non-hydrogen) atoms. The van der Waals surface area contributed by atoms with E-state index in [0.29, 0.717) is 6.61 Å². The van der Waals surface area contributed by atoms with E-state index in [9.17, 15) is 0 Å². The average Bonchev–Trinajstić information content (AvgIpc) is 2.80. The van der Waals surface area contributed by atoms with Gasteiger partial charge in [-0.2, -0.15) is 0 Å². The minimum absolute atomic E-state index is 0.385. The van der Waals surface area contributed by atoms with Crippen LogP contribution in [0.15, 0.2) is 0 Å². The van der Waals surface area contributed by atoms with Crippen LogP contribution in [0.5, 0.6) is 0 Å². The highest BCUT2D eigenvalue weighted by Crippen LogP contribution is 2.49. The maximum atomic E-state index is 9.08. The van der Waals surface area contributed by atoms with Crippen molar-refractivity contribution in [2.45, 2.75) is 136 Å². The molecule has 0 aromatic carbocycles. The Bertz CT molecular complexity index is 430. The Balaban J connectivity index is 1.37. The van der Waals surface area contributed by atoms with Crippen LogP contribution in [0, 0.1) is 41.4 Å². The van der Waals surface area contributed by atoms with E-state index in [1.54, 1.807) is 51.4 Å². The van der Waals surface area contributed by atoms with Gasteiger partial charge in [-0.05, 0) is 99.2 Å². The maximum absolute atomic E-state index is 9.08. The Morgan fingerprint density at radius 1 is 0.600 bits per heavy atom. The summed E-state index contributed by atoms with van der Waals surface area (Å²) in [4.78, 5) is 0. The summed E-state index contributed by atoms with van der Waals surface area (Å²) in [6.45, 7) is 5.18. The van der Waals surface area contributed by atoms with Crippen molar-refractivity contribution in [3.63, 3.8) is 0 Å². The lowest BCUT2D eigenvalue weighted by molar-refractivity contribution is 0.0639. The number of aliphatic hydroxyl groups excluding tert-OH is 1. The lowest BCUT2D eigenvalue weighted by Crippen LogP contribution is -2.34. The molecular weight excluding hydrogens is 364 g/mol. The summed E-state index contributed by atoms with van der Waals surface area (Å²) in [5.41, 5.74) is 0. The van der Waals surface area contributed by atoms with Gasteiger partial charge >= 0.3 is 0 Å². The minimum atomic E-state index is 0.385. The monoisotopic (exact) mass is 418 g/mol. The van der Waals surface area contributed by atoms with Crippen molar-refractivity contribution in [2.24, 2.45) is 41.4 Å². The molecule has 1 nitrogen and oxygen atoms in total. The lowest BCUT2D eigenvalue weighted by Gasteiger charge is -2.44. The smallest absolute Gasteiger partial charge is 0.0431 e. The standard InChI is InChI=1S/C29H54O/c1-3-5-6-9-23-11-14-26(15-12-23)27-16-18-28(19-17-27)29-20-13-24(10-7-8-21-30)22-25(29)4-2/h23-30H,3-22H2,1-2H3. The quantitative estimate of drug-likeness (QED) is 0.332. The molecule has 1 N–H and O–H groups in total. The van der Waals surface area contributed by atoms with Crippen LogP contribution >= 0.6 is 0 Å². The Morgan fingerprint density at radius 2 is 1.17 bits per heavy atom.